The van der Waals surface area contributed by atoms with Gasteiger partial charge in [-0.15, -0.1) is 11.8 Å². The van der Waals surface area contributed by atoms with Crippen LogP contribution in [0.2, 0.25) is 0 Å². The van der Waals surface area contributed by atoms with Crippen LogP contribution in [0, 0.1) is 6.92 Å². The van der Waals surface area contributed by atoms with E-state index in [4.69, 9.17) is 10.2 Å². The molecular formula is C17H16N2OS. The minimum Gasteiger partial charge on any atom is -0.444 e. The Morgan fingerprint density at radius 3 is 2.62 bits per heavy atom. The van der Waals surface area contributed by atoms with Gasteiger partial charge in [0.2, 0.25) is 5.89 Å². The molecule has 0 bridgehead atoms. The van der Waals surface area contributed by atoms with E-state index in [2.05, 4.69) is 24.0 Å². The molecule has 106 valence electrons. The van der Waals surface area contributed by atoms with Crippen molar-refractivity contribution in [2.75, 3.05) is 5.73 Å². The summed E-state index contributed by atoms with van der Waals surface area (Å²) in [5.74, 6) is 1.40. The molecule has 3 nitrogen and oxygen atoms in total. The lowest BCUT2D eigenvalue weighted by Gasteiger charge is -2.02. The third kappa shape index (κ3) is 3.28. The predicted molar refractivity (Wildman–Crippen MR) is 87.1 cm³/mol. The summed E-state index contributed by atoms with van der Waals surface area (Å²) in [7, 11) is 0. The fraction of sp³-hybridized carbons (Fsp3) is 0.118. The molecular weight excluding hydrogens is 280 g/mol. The Morgan fingerprint density at radius 2 is 1.86 bits per heavy atom. The van der Waals surface area contributed by atoms with Crippen molar-refractivity contribution in [1.29, 1.82) is 0 Å². The Balaban J connectivity index is 1.71. The van der Waals surface area contributed by atoms with E-state index in [1.165, 1.54) is 5.56 Å². The highest BCUT2D eigenvalue weighted by Crippen LogP contribution is 2.28. The van der Waals surface area contributed by atoms with Gasteiger partial charge in [0.05, 0.1) is 5.69 Å². The Kier molecular flexibility index (Phi) is 3.97. The molecule has 4 heteroatoms. The molecule has 0 amide bonds. The second kappa shape index (κ2) is 6.06. The molecule has 0 aliphatic rings. The third-order valence-corrected chi connectivity index (χ3v) is 4.27. The van der Waals surface area contributed by atoms with Crippen LogP contribution >= 0.6 is 11.8 Å². The van der Waals surface area contributed by atoms with Crippen molar-refractivity contribution in [2.45, 2.75) is 17.6 Å². The number of nitrogen functional groups attached to an aromatic ring is 1. The summed E-state index contributed by atoms with van der Waals surface area (Å²) in [5, 5.41) is 0. The molecule has 0 radical (unpaired) electrons. The van der Waals surface area contributed by atoms with Gasteiger partial charge in [-0.1, -0.05) is 29.8 Å². The number of nitrogens with zero attached hydrogens (tertiary/aromatic N) is 1. The molecule has 0 fully saturated rings. The Labute approximate surface area is 128 Å². The highest BCUT2D eigenvalue weighted by atomic mass is 32.2. The summed E-state index contributed by atoms with van der Waals surface area (Å²) < 4.78 is 5.55. The maximum Gasteiger partial charge on any atom is 0.226 e. The Hall–Kier alpha value is -2.20. The normalized spacial score (nSPS) is 10.7. The smallest absolute Gasteiger partial charge is 0.226 e. The number of benzene rings is 2. The van der Waals surface area contributed by atoms with Crippen LogP contribution in [0.15, 0.2) is 64.1 Å². The second-order valence-electron chi connectivity index (χ2n) is 4.84. The average molecular weight is 296 g/mol. The van der Waals surface area contributed by atoms with Gasteiger partial charge in [-0.2, -0.15) is 0 Å². The van der Waals surface area contributed by atoms with Crippen molar-refractivity contribution in [3.05, 3.63) is 66.1 Å². The first-order valence-corrected chi connectivity index (χ1v) is 7.70. The summed E-state index contributed by atoms with van der Waals surface area (Å²) in [6.07, 6.45) is 1.71. The topological polar surface area (TPSA) is 52.0 Å². The molecule has 0 atom stereocenters. The van der Waals surface area contributed by atoms with Gasteiger partial charge >= 0.3 is 0 Å². The molecule has 0 aliphatic heterocycles. The molecule has 0 saturated carbocycles. The molecule has 2 N–H and O–H groups in total. The summed E-state index contributed by atoms with van der Waals surface area (Å²) >= 11 is 1.66. The van der Waals surface area contributed by atoms with Gasteiger partial charge in [-0.05, 0) is 31.2 Å². The molecule has 2 aromatic carbocycles. The molecule has 1 aromatic heterocycles. The summed E-state index contributed by atoms with van der Waals surface area (Å²) in [4.78, 5) is 5.59. The van der Waals surface area contributed by atoms with Crippen LogP contribution in [0.25, 0.3) is 11.5 Å². The molecule has 0 unspecified atom stereocenters. The molecule has 21 heavy (non-hydrogen) atoms. The number of aromatic nitrogens is 1. The highest BCUT2D eigenvalue weighted by molar-refractivity contribution is 7.98. The van der Waals surface area contributed by atoms with Crippen LogP contribution < -0.4 is 5.73 Å². The molecule has 0 spiro atoms. The summed E-state index contributed by atoms with van der Waals surface area (Å²) in [6.45, 7) is 2.06. The number of hydrogen-bond acceptors (Lipinski definition) is 4. The fourth-order valence-corrected chi connectivity index (χ4v) is 2.81. The molecule has 3 rings (SSSR count). The quantitative estimate of drug-likeness (QED) is 0.568. The van der Waals surface area contributed by atoms with Gasteiger partial charge in [0, 0.05) is 21.9 Å². The van der Waals surface area contributed by atoms with Crippen molar-refractivity contribution < 1.29 is 4.42 Å². The monoisotopic (exact) mass is 296 g/mol. The standard InChI is InChI=1S/C17H16N2OS/c1-12-6-8-13(9-7-12)17-19-14(10-20-17)11-21-16-5-3-2-4-15(16)18/h2-10H,11,18H2,1H3. The second-order valence-corrected chi connectivity index (χ2v) is 5.85. The number of nitrogens with two attached hydrogens (primary N) is 1. The van der Waals surface area contributed by atoms with Crippen LogP contribution in [0.5, 0.6) is 0 Å². The zero-order chi connectivity index (χ0) is 14.7. The van der Waals surface area contributed by atoms with Gasteiger partial charge < -0.3 is 10.2 Å². The minimum atomic E-state index is 0.659. The number of anilines is 1. The highest BCUT2D eigenvalue weighted by Gasteiger charge is 2.07. The fourth-order valence-electron chi connectivity index (χ4n) is 1.97. The SMILES string of the molecule is Cc1ccc(-c2nc(CSc3ccccc3N)co2)cc1. The van der Waals surface area contributed by atoms with Crippen molar-refractivity contribution in [3.63, 3.8) is 0 Å². The predicted octanol–water partition coefficient (Wildman–Crippen LogP) is 4.52. The van der Waals surface area contributed by atoms with Gasteiger partial charge in [-0.25, -0.2) is 4.98 Å². The summed E-state index contributed by atoms with van der Waals surface area (Å²) in [6, 6.07) is 16.0. The van der Waals surface area contributed by atoms with Crippen molar-refractivity contribution in [2.24, 2.45) is 0 Å². The minimum absolute atomic E-state index is 0.659. The molecule has 1 heterocycles. The lowest BCUT2D eigenvalue weighted by molar-refractivity contribution is 0.573. The van der Waals surface area contributed by atoms with Crippen molar-refractivity contribution in [3.8, 4) is 11.5 Å². The maximum atomic E-state index is 5.93. The van der Waals surface area contributed by atoms with E-state index in [0.29, 0.717) is 5.89 Å². The van der Waals surface area contributed by atoms with Crippen LogP contribution in [0.4, 0.5) is 5.69 Å². The van der Waals surface area contributed by atoms with Crippen LogP contribution in [0.3, 0.4) is 0 Å². The van der Waals surface area contributed by atoms with E-state index >= 15 is 0 Å². The van der Waals surface area contributed by atoms with E-state index < -0.39 is 0 Å². The van der Waals surface area contributed by atoms with E-state index in [1.54, 1.807) is 18.0 Å². The van der Waals surface area contributed by atoms with Gasteiger partial charge in [0.1, 0.15) is 6.26 Å². The van der Waals surface area contributed by atoms with Crippen LogP contribution in [0.1, 0.15) is 11.3 Å². The number of rotatable bonds is 4. The van der Waals surface area contributed by atoms with Crippen LogP contribution in [-0.2, 0) is 5.75 Å². The maximum absolute atomic E-state index is 5.93. The zero-order valence-corrected chi connectivity index (χ0v) is 12.6. The van der Waals surface area contributed by atoms with Crippen LogP contribution in [-0.4, -0.2) is 4.98 Å². The number of para-hydroxylation sites is 1. The van der Waals surface area contributed by atoms with Gasteiger partial charge in [0.25, 0.3) is 0 Å². The largest absolute Gasteiger partial charge is 0.444 e. The molecule has 0 saturated heterocycles. The molecule has 0 aliphatic carbocycles. The van der Waals surface area contributed by atoms with E-state index in [1.807, 2.05) is 36.4 Å². The van der Waals surface area contributed by atoms with E-state index in [0.717, 1.165) is 27.6 Å². The van der Waals surface area contributed by atoms with Crippen molar-refractivity contribution >= 4 is 17.4 Å². The van der Waals surface area contributed by atoms with E-state index in [-0.39, 0.29) is 0 Å². The van der Waals surface area contributed by atoms with E-state index in [9.17, 15) is 0 Å². The Morgan fingerprint density at radius 1 is 1.10 bits per heavy atom. The number of hydrogen-bond donors (Lipinski definition) is 1. The summed E-state index contributed by atoms with van der Waals surface area (Å²) in [5.41, 5.74) is 9.86. The molecule has 3 aromatic rings. The van der Waals surface area contributed by atoms with Gasteiger partial charge in [0.15, 0.2) is 0 Å². The Bertz CT molecular complexity index is 735. The number of aryl methyl sites for hydroxylation is 1. The first kappa shape index (κ1) is 13.8. The first-order valence-electron chi connectivity index (χ1n) is 6.71. The average Bonchev–Trinajstić information content (AvgIpc) is 2.96. The zero-order valence-electron chi connectivity index (χ0n) is 11.7. The van der Waals surface area contributed by atoms with Gasteiger partial charge in [-0.3, -0.25) is 0 Å². The first-order chi connectivity index (χ1) is 10.2. The number of oxazole rings is 1. The third-order valence-electron chi connectivity index (χ3n) is 3.14. The lowest BCUT2D eigenvalue weighted by atomic mass is 10.1. The number of thioether (sulfide) groups is 1. The lowest BCUT2D eigenvalue weighted by Crippen LogP contribution is -1.88. The van der Waals surface area contributed by atoms with Crippen molar-refractivity contribution in [1.82, 2.24) is 4.98 Å².